The summed E-state index contributed by atoms with van der Waals surface area (Å²) in [7, 11) is 1.77. The fourth-order valence-corrected chi connectivity index (χ4v) is 2.73. The molecule has 100 valence electrons. The smallest absolute Gasteiger partial charge is 0.362 e. The molecule has 0 aliphatic heterocycles. The van der Waals surface area contributed by atoms with Crippen LogP contribution in [0.15, 0.2) is 6.33 Å². The van der Waals surface area contributed by atoms with Crippen LogP contribution in [0.25, 0.3) is 0 Å². The van der Waals surface area contributed by atoms with E-state index in [4.69, 9.17) is 0 Å². The number of hydrogen-bond acceptors (Lipinski definition) is 4. The molecule has 18 heavy (non-hydrogen) atoms. The molecule has 2 rings (SSSR count). The highest BCUT2D eigenvalue weighted by molar-refractivity contribution is 5.52. The van der Waals surface area contributed by atoms with Crippen molar-refractivity contribution < 1.29 is 4.92 Å². The van der Waals surface area contributed by atoms with Crippen LogP contribution in [-0.2, 0) is 7.05 Å². The van der Waals surface area contributed by atoms with Crippen molar-refractivity contribution in [1.82, 2.24) is 9.55 Å². The maximum absolute atomic E-state index is 10.9. The van der Waals surface area contributed by atoms with Crippen LogP contribution >= 0.6 is 0 Å². The molecule has 0 saturated heterocycles. The number of imidazole rings is 1. The van der Waals surface area contributed by atoms with E-state index < -0.39 is 4.92 Å². The quantitative estimate of drug-likeness (QED) is 0.663. The van der Waals surface area contributed by atoms with Gasteiger partial charge in [-0.1, -0.05) is 20.3 Å². The van der Waals surface area contributed by atoms with Crippen LogP contribution in [0, 0.1) is 15.5 Å². The van der Waals surface area contributed by atoms with Gasteiger partial charge in [0, 0.05) is 13.1 Å². The third-order valence-electron chi connectivity index (χ3n) is 3.64. The van der Waals surface area contributed by atoms with Crippen LogP contribution in [0.3, 0.4) is 0 Å². The van der Waals surface area contributed by atoms with Gasteiger partial charge in [0.1, 0.15) is 0 Å². The number of aryl methyl sites for hydroxylation is 1. The van der Waals surface area contributed by atoms with Gasteiger partial charge in [-0.2, -0.15) is 0 Å². The van der Waals surface area contributed by atoms with E-state index in [-0.39, 0.29) is 5.82 Å². The van der Waals surface area contributed by atoms with Crippen LogP contribution in [-0.4, -0.2) is 20.5 Å². The lowest BCUT2D eigenvalue weighted by atomic mass is 9.75. The topological polar surface area (TPSA) is 73.0 Å². The van der Waals surface area contributed by atoms with Gasteiger partial charge in [0.25, 0.3) is 0 Å². The Morgan fingerprint density at radius 1 is 1.61 bits per heavy atom. The Bertz CT molecular complexity index is 453. The lowest BCUT2D eigenvalue weighted by Gasteiger charge is -2.35. The first kappa shape index (κ1) is 12.9. The Labute approximate surface area is 107 Å². The summed E-state index contributed by atoms with van der Waals surface area (Å²) in [6, 6.07) is 0.294. The molecule has 1 aliphatic rings. The molecular weight excluding hydrogens is 232 g/mol. The van der Waals surface area contributed by atoms with E-state index in [2.05, 4.69) is 24.1 Å². The molecule has 1 atom stereocenters. The van der Waals surface area contributed by atoms with Gasteiger partial charge in [-0.3, -0.25) is 4.57 Å². The van der Waals surface area contributed by atoms with Gasteiger partial charge >= 0.3 is 5.82 Å². The molecule has 0 amide bonds. The molecule has 0 aromatic carbocycles. The molecule has 1 N–H and O–H groups in total. The first-order valence-electron chi connectivity index (χ1n) is 6.31. The highest BCUT2D eigenvalue weighted by Crippen LogP contribution is 2.37. The first-order valence-corrected chi connectivity index (χ1v) is 6.31. The second-order valence-electron chi connectivity index (χ2n) is 5.89. The number of nitrogens with zero attached hydrogens (tertiary/aromatic N) is 3. The molecular formula is C12H20N4O2. The minimum atomic E-state index is -0.434. The molecule has 0 radical (unpaired) electrons. The van der Waals surface area contributed by atoms with Crippen LogP contribution in [0.4, 0.5) is 11.6 Å². The van der Waals surface area contributed by atoms with Crippen LogP contribution < -0.4 is 5.32 Å². The van der Waals surface area contributed by atoms with Crippen molar-refractivity contribution >= 4 is 11.6 Å². The van der Waals surface area contributed by atoms with E-state index in [0.717, 1.165) is 19.3 Å². The summed E-state index contributed by atoms with van der Waals surface area (Å²) in [5.41, 5.74) is 0.309. The summed E-state index contributed by atoms with van der Waals surface area (Å²) in [6.45, 7) is 4.50. The molecule has 1 heterocycles. The van der Waals surface area contributed by atoms with E-state index in [1.54, 1.807) is 11.6 Å². The fourth-order valence-electron chi connectivity index (χ4n) is 2.73. The predicted molar refractivity (Wildman–Crippen MR) is 69.5 cm³/mol. The highest BCUT2D eigenvalue weighted by Gasteiger charge is 2.30. The van der Waals surface area contributed by atoms with E-state index in [1.807, 2.05) is 0 Å². The first-order chi connectivity index (χ1) is 8.39. The summed E-state index contributed by atoms with van der Waals surface area (Å²) in [6.07, 6.45) is 5.96. The molecule has 1 unspecified atom stereocenters. The number of aromatic nitrogens is 2. The molecule has 1 aliphatic carbocycles. The zero-order valence-corrected chi connectivity index (χ0v) is 11.1. The summed E-state index contributed by atoms with van der Waals surface area (Å²) >= 11 is 0. The van der Waals surface area contributed by atoms with Gasteiger partial charge in [-0.25, -0.2) is 0 Å². The molecule has 0 bridgehead atoms. The summed E-state index contributed by atoms with van der Waals surface area (Å²) in [4.78, 5) is 14.3. The number of nitrogens with one attached hydrogen (secondary N) is 1. The minimum absolute atomic E-state index is 0.0825. The minimum Gasteiger partial charge on any atom is -0.362 e. The van der Waals surface area contributed by atoms with Crippen LogP contribution in [0.1, 0.15) is 39.5 Å². The average Bonchev–Trinajstić information content (AvgIpc) is 2.59. The summed E-state index contributed by atoms with van der Waals surface area (Å²) in [5, 5.41) is 14.2. The van der Waals surface area contributed by atoms with Crippen molar-refractivity contribution in [1.29, 1.82) is 0 Å². The number of rotatable bonds is 3. The summed E-state index contributed by atoms with van der Waals surface area (Å²) < 4.78 is 1.68. The third kappa shape index (κ3) is 2.63. The zero-order chi connectivity index (χ0) is 13.3. The number of hydrogen-bond donors (Lipinski definition) is 1. The highest BCUT2D eigenvalue weighted by atomic mass is 16.6. The molecule has 1 fully saturated rings. The lowest BCUT2D eigenvalue weighted by Crippen LogP contribution is -2.32. The van der Waals surface area contributed by atoms with Gasteiger partial charge in [-0.05, 0) is 34.6 Å². The normalized spacial score (nSPS) is 22.7. The molecule has 6 heteroatoms. The van der Waals surface area contributed by atoms with E-state index in [9.17, 15) is 10.1 Å². The Hall–Kier alpha value is -1.59. The maximum atomic E-state index is 10.9. The van der Waals surface area contributed by atoms with Crippen LogP contribution in [0.5, 0.6) is 0 Å². The zero-order valence-electron chi connectivity index (χ0n) is 11.1. The Balaban J connectivity index is 2.14. The standard InChI is InChI=1S/C12H20N4O2/c1-12(2)6-4-5-9(7-12)14-11-10(16(17)18)13-8-15(11)3/h8-9,14H,4-7H2,1-3H3. The van der Waals surface area contributed by atoms with Crippen molar-refractivity contribution in [2.75, 3.05) is 5.32 Å². The van der Waals surface area contributed by atoms with Gasteiger partial charge in [-0.15, -0.1) is 0 Å². The molecule has 6 nitrogen and oxygen atoms in total. The molecule has 1 aromatic heterocycles. The monoisotopic (exact) mass is 252 g/mol. The van der Waals surface area contributed by atoms with Crippen LogP contribution in [0.2, 0.25) is 0 Å². The summed E-state index contributed by atoms with van der Waals surface area (Å²) in [5.74, 6) is 0.434. The molecule has 0 spiro atoms. The van der Waals surface area contributed by atoms with Gasteiger partial charge in [0.15, 0.2) is 0 Å². The second kappa shape index (κ2) is 4.59. The predicted octanol–water partition coefficient (Wildman–Crippen LogP) is 2.71. The van der Waals surface area contributed by atoms with Crippen molar-refractivity contribution in [3.05, 3.63) is 16.4 Å². The van der Waals surface area contributed by atoms with Gasteiger partial charge in [0.2, 0.25) is 12.1 Å². The van der Waals surface area contributed by atoms with E-state index >= 15 is 0 Å². The van der Waals surface area contributed by atoms with Crippen molar-refractivity contribution in [3.63, 3.8) is 0 Å². The average molecular weight is 252 g/mol. The second-order valence-corrected chi connectivity index (χ2v) is 5.89. The third-order valence-corrected chi connectivity index (χ3v) is 3.64. The Morgan fingerprint density at radius 3 is 2.94 bits per heavy atom. The number of nitro groups is 1. The Morgan fingerprint density at radius 2 is 2.33 bits per heavy atom. The van der Waals surface area contributed by atoms with Crippen molar-refractivity contribution in [2.45, 2.75) is 45.6 Å². The van der Waals surface area contributed by atoms with Crippen molar-refractivity contribution in [3.8, 4) is 0 Å². The SMILES string of the molecule is Cn1cnc([N+](=O)[O-])c1NC1CCCC(C)(C)C1. The van der Waals surface area contributed by atoms with E-state index in [1.165, 1.54) is 12.7 Å². The molecule has 1 saturated carbocycles. The van der Waals surface area contributed by atoms with Gasteiger partial charge < -0.3 is 15.4 Å². The lowest BCUT2D eigenvalue weighted by molar-refractivity contribution is -0.388. The fraction of sp³-hybridized carbons (Fsp3) is 0.750. The molecule has 1 aromatic rings. The largest absolute Gasteiger partial charge is 0.406 e. The maximum Gasteiger partial charge on any atom is 0.406 e. The Kier molecular flexibility index (Phi) is 3.28. The van der Waals surface area contributed by atoms with E-state index in [0.29, 0.717) is 17.3 Å². The number of anilines is 1. The van der Waals surface area contributed by atoms with Gasteiger partial charge in [0.05, 0.1) is 0 Å². The van der Waals surface area contributed by atoms with Crippen molar-refractivity contribution in [2.24, 2.45) is 12.5 Å².